The lowest BCUT2D eigenvalue weighted by Crippen LogP contribution is -2.49. The van der Waals surface area contributed by atoms with E-state index in [1.807, 2.05) is 23.1 Å². The molecule has 2 aliphatic rings. The summed E-state index contributed by atoms with van der Waals surface area (Å²) in [5.41, 5.74) is 1.23. The molecule has 104 valence electrons. The predicted molar refractivity (Wildman–Crippen MR) is 76.7 cm³/mol. The second kappa shape index (κ2) is 4.58. The first kappa shape index (κ1) is 11.9. The van der Waals surface area contributed by atoms with Crippen LogP contribution in [0.15, 0.2) is 24.7 Å². The third kappa shape index (κ3) is 2.28. The van der Waals surface area contributed by atoms with E-state index in [0.29, 0.717) is 11.8 Å². The van der Waals surface area contributed by atoms with Crippen LogP contribution >= 0.6 is 0 Å². The normalized spacial score (nSPS) is 19.1. The van der Waals surface area contributed by atoms with Crippen LogP contribution in [0, 0.1) is 12.8 Å². The summed E-state index contributed by atoms with van der Waals surface area (Å²) in [6.45, 7) is 5.22. The van der Waals surface area contributed by atoms with Gasteiger partial charge in [0.2, 0.25) is 0 Å². The van der Waals surface area contributed by atoms with Crippen LogP contribution in [0.4, 0.5) is 5.82 Å². The van der Waals surface area contributed by atoms with Crippen LogP contribution in [-0.4, -0.2) is 32.8 Å². The monoisotopic (exact) mass is 269 g/mol. The van der Waals surface area contributed by atoms with Gasteiger partial charge in [-0.05, 0) is 31.4 Å². The van der Waals surface area contributed by atoms with Crippen LogP contribution in [0.5, 0.6) is 0 Å². The van der Waals surface area contributed by atoms with Crippen LogP contribution in [0.3, 0.4) is 0 Å². The fourth-order valence-electron chi connectivity index (χ4n) is 2.78. The molecule has 2 aromatic heterocycles. The van der Waals surface area contributed by atoms with Crippen molar-refractivity contribution in [3.05, 3.63) is 36.0 Å². The number of aryl methyl sites for hydroxylation is 1. The van der Waals surface area contributed by atoms with E-state index in [1.165, 1.54) is 18.4 Å². The molecule has 0 bridgehead atoms. The molecule has 5 heteroatoms. The van der Waals surface area contributed by atoms with Gasteiger partial charge in [0.15, 0.2) is 0 Å². The van der Waals surface area contributed by atoms with Crippen molar-refractivity contribution in [3.63, 3.8) is 0 Å². The van der Waals surface area contributed by atoms with Gasteiger partial charge in [0, 0.05) is 43.9 Å². The SMILES string of the molecule is Cc1cnn(CC2CN(c3ccnc(C4CC4)n3)C2)c1. The molecule has 0 aromatic carbocycles. The fourth-order valence-corrected chi connectivity index (χ4v) is 2.78. The summed E-state index contributed by atoms with van der Waals surface area (Å²) < 4.78 is 2.05. The molecule has 0 N–H and O–H groups in total. The molecule has 0 unspecified atom stereocenters. The average molecular weight is 269 g/mol. The standard InChI is InChI=1S/C15H19N5/c1-11-6-17-20(7-11)10-12-8-19(9-12)14-4-5-16-15(18-14)13-2-3-13/h4-7,12-13H,2-3,8-10H2,1H3. The number of hydrogen-bond donors (Lipinski definition) is 0. The average Bonchev–Trinajstić information content (AvgIpc) is 3.18. The first-order valence-electron chi connectivity index (χ1n) is 7.35. The number of aromatic nitrogens is 4. The molecule has 4 rings (SSSR count). The fraction of sp³-hybridized carbons (Fsp3) is 0.533. The van der Waals surface area contributed by atoms with E-state index in [2.05, 4.69) is 28.1 Å². The highest BCUT2D eigenvalue weighted by Gasteiger charge is 2.30. The molecule has 0 radical (unpaired) electrons. The highest BCUT2D eigenvalue weighted by atomic mass is 15.3. The molecular formula is C15H19N5. The van der Waals surface area contributed by atoms with Crippen LogP contribution in [0.1, 0.15) is 30.1 Å². The Morgan fingerprint density at radius 1 is 1.30 bits per heavy atom. The summed E-state index contributed by atoms with van der Waals surface area (Å²) in [6, 6.07) is 2.03. The number of nitrogens with zero attached hydrogens (tertiary/aromatic N) is 5. The number of anilines is 1. The largest absolute Gasteiger partial charge is 0.356 e. The van der Waals surface area contributed by atoms with E-state index in [0.717, 1.165) is 31.3 Å². The van der Waals surface area contributed by atoms with Crippen molar-refractivity contribution in [2.45, 2.75) is 32.2 Å². The van der Waals surface area contributed by atoms with Gasteiger partial charge in [-0.2, -0.15) is 5.10 Å². The second-order valence-corrected chi connectivity index (χ2v) is 6.06. The van der Waals surface area contributed by atoms with Crippen LogP contribution in [-0.2, 0) is 6.54 Å². The highest BCUT2D eigenvalue weighted by Crippen LogP contribution is 2.38. The minimum atomic E-state index is 0.624. The van der Waals surface area contributed by atoms with Crippen molar-refractivity contribution in [1.82, 2.24) is 19.7 Å². The maximum atomic E-state index is 4.69. The molecule has 0 amide bonds. The Balaban J connectivity index is 1.37. The molecule has 1 saturated heterocycles. The Labute approximate surface area is 118 Å². The molecule has 2 fully saturated rings. The van der Waals surface area contributed by atoms with E-state index < -0.39 is 0 Å². The van der Waals surface area contributed by atoms with Crippen molar-refractivity contribution in [2.75, 3.05) is 18.0 Å². The minimum absolute atomic E-state index is 0.624. The van der Waals surface area contributed by atoms with Gasteiger partial charge in [0.25, 0.3) is 0 Å². The number of rotatable bonds is 4. The lowest BCUT2D eigenvalue weighted by molar-refractivity contribution is 0.340. The molecule has 1 saturated carbocycles. The lowest BCUT2D eigenvalue weighted by Gasteiger charge is -2.40. The van der Waals surface area contributed by atoms with Crippen molar-refractivity contribution >= 4 is 5.82 Å². The zero-order valence-corrected chi connectivity index (χ0v) is 11.7. The summed E-state index contributed by atoms with van der Waals surface area (Å²) in [6.07, 6.45) is 8.44. The van der Waals surface area contributed by atoms with Crippen molar-refractivity contribution in [2.24, 2.45) is 5.92 Å². The molecule has 1 aliphatic carbocycles. The Kier molecular flexibility index (Phi) is 2.72. The number of hydrogen-bond acceptors (Lipinski definition) is 4. The minimum Gasteiger partial charge on any atom is -0.356 e. The summed E-state index contributed by atoms with van der Waals surface area (Å²) in [7, 11) is 0. The topological polar surface area (TPSA) is 46.8 Å². The highest BCUT2D eigenvalue weighted by molar-refractivity contribution is 5.41. The lowest BCUT2D eigenvalue weighted by atomic mass is 10.0. The van der Waals surface area contributed by atoms with Gasteiger partial charge in [-0.25, -0.2) is 9.97 Å². The van der Waals surface area contributed by atoms with Gasteiger partial charge >= 0.3 is 0 Å². The van der Waals surface area contributed by atoms with Crippen molar-refractivity contribution in [3.8, 4) is 0 Å². The molecule has 0 spiro atoms. The smallest absolute Gasteiger partial charge is 0.133 e. The molecule has 1 aliphatic heterocycles. The predicted octanol–water partition coefficient (Wildman–Crippen LogP) is 2.00. The first-order chi connectivity index (χ1) is 9.78. The summed E-state index contributed by atoms with van der Waals surface area (Å²) in [5, 5.41) is 4.35. The van der Waals surface area contributed by atoms with Crippen LogP contribution in [0.25, 0.3) is 0 Å². The van der Waals surface area contributed by atoms with E-state index in [1.54, 1.807) is 0 Å². The summed E-state index contributed by atoms with van der Waals surface area (Å²) in [4.78, 5) is 11.4. The molecule has 20 heavy (non-hydrogen) atoms. The summed E-state index contributed by atoms with van der Waals surface area (Å²) in [5.74, 6) is 3.43. The second-order valence-electron chi connectivity index (χ2n) is 6.06. The van der Waals surface area contributed by atoms with Gasteiger partial charge in [0.1, 0.15) is 11.6 Å². The Bertz CT molecular complexity index is 610. The van der Waals surface area contributed by atoms with Crippen molar-refractivity contribution < 1.29 is 0 Å². The zero-order chi connectivity index (χ0) is 13.5. The van der Waals surface area contributed by atoms with E-state index >= 15 is 0 Å². The van der Waals surface area contributed by atoms with Gasteiger partial charge in [-0.15, -0.1) is 0 Å². The van der Waals surface area contributed by atoms with E-state index in [9.17, 15) is 0 Å². The first-order valence-corrected chi connectivity index (χ1v) is 7.35. The Morgan fingerprint density at radius 3 is 2.85 bits per heavy atom. The zero-order valence-electron chi connectivity index (χ0n) is 11.7. The van der Waals surface area contributed by atoms with Gasteiger partial charge < -0.3 is 4.90 Å². The van der Waals surface area contributed by atoms with Crippen LogP contribution < -0.4 is 4.90 Å². The Hall–Kier alpha value is -1.91. The Morgan fingerprint density at radius 2 is 2.15 bits per heavy atom. The molecule has 5 nitrogen and oxygen atoms in total. The van der Waals surface area contributed by atoms with Crippen molar-refractivity contribution in [1.29, 1.82) is 0 Å². The molecule has 0 atom stereocenters. The van der Waals surface area contributed by atoms with Gasteiger partial charge in [-0.3, -0.25) is 4.68 Å². The third-order valence-electron chi connectivity index (χ3n) is 4.09. The molecule has 3 heterocycles. The quantitative estimate of drug-likeness (QED) is 0.851. The van der Waals surface area contributed by atoms with Crippen LogP contribution in [0.2, 0.25) is 0 Å². The maximum absolute atomic E-state index is 4.69. The molecule has 2 aromatic rings. The van der Waals surface area contributed by atoms with Gasteiger partial charge in [-0.1, -0.05) is 0 Å². The van der Waals surface area contributed by atoms with Gasteiger partial charge in [0.05, 0.1) is 6.20 Å². The summed E-state index contributed by atoms with van der Waals surface area (Å²) >= 11 is 0. The maximum Gasteiger partial charge on any atom is 0.133 e. The van der Waals surface area contributed by atoms with E-state index in [4.69, 9.17) is 4.98 Å². The molecular weight excluding hydrogens is 250 g/mol. The van der Waals surface area contributed by atoms with E-state index in [-0.39, 0.29) is 0 Å². The third-order valence-corrected chi connectivity index (χ3v) is 4.09.